The molecule has 0 N–H and O–H groups in total. The van der Waals surface area contributed by atoms with Crippen LogP contribution in [0.2, 0.25) is 0 Å². The molecule has 1 atom stereocenters. The molecule has 0 spiro atoms. The Balaban J connectivity index is 1.89. The highest BCUT2D eigenvalue weighted by Crippen LogP contribution is 2.30. The van der Waals surface area contributed by atoms with Crippen molar-refractivity contribution in [2.75, 3.05) is 0 Å². The van der Waals surface area contributed by atoms with Gasteiger partial charge in [-0.05, 0) is 35.2 Å². The predicted molar refractivity (Wildman–Crippen MR) is 79.7 cm³/mol. The summed E-state index contributed by atoms with van der Waals surface area (Å²) in [6.07, 6.45) is 1.37. The van der Waals surface area contributed by atoms with Crippen LogP contribution in [0.25, 0.3) is 11.4 Å². The van der Waals surface area contributed by atoms with Crippen LogP contribution in [0.3, 0.4) is 0 Å². The van der Waals surface area contributed by atoms with Crippen LogP contribution in [0.4, 0.5) is 13.2 Å². The van der Waals surface area contributed by atoms with Crippen molar-refractivity contribution in [1.29, 1.82) is 0 Å². The molecule has 0 amide bonds. The van der Waals surface area contributed by atoms with Crippen molar-refractivity contribution in [2.24, 2.45) is 0 Å². The van der Waals surface area contributed by atoms with Crippen molar-refractivity contribution in [3.63, 3.8) is 0 Å². The zero-order valence-corrected chi connectivity index (χ0v) is 12.7. The van der Waals surface area contributed by atoms with E-state index in [2.05, 4.69) is 16.9 Å². The van der Waals surface area contributed by atoms with Gasteiger partial charge in [-0.15, -0.1) is 0 Å². The molecule has 0 fully saturated rings. The van der Waals surface area contributed by atoms with Gasteiger partial charge in [-0.3, -0.25) is 0 Å². The molecule has 0 aliphatic carbocycles. The number of aryl methyl sites for hydroxylation is 1. The summed E-state index contributed by atoms with van der Waals surface area (Å²) in [5, 5.41) is 0. The maximum absolute atomic E-state index is 14.3. The van der Waals surface area contributed by atoms with Crippen LogP contribution in [0, 0.1) is 5.82 Å². The molecule has 1 aliphatic heterocycles. The predicted octanol–water partition coefficient (Wildman–Crippen LogP) is 3.94. The van der Waals surface area contributed by atoms with E-state index in [1.54, 1.807) is 18.5 Å². The highest BCUT2D eigenvalue weighted by molar-refractivity contribution is 5.58. The maximum Gasteiger partial charge on any atom is 0.264 e. The van der Waals surface area contributed by atoms with Gasteiger partial charge in [0.15, 0.2) is 5.82 Å². The summed E-state index contributed by atoms with van der Waals surface area (Å²) in [6, 6.07) is 3.02. The smallest absolute Gasteiger partial charge is 0.264 e. The monoisotopic (exact) mass is 322 g/mol. The van der Waals surface area contributed by atoms with Crippen molar-refractivity contribution in [3.8, 4) is 11.4 Å². The van der Waals surface area contributed by atoms with Crippen LogP contribution in [0.15, 0.2) is 24.5 Å². The SMILES string of the molecule is CCCc1cnc(-c2cc(F)c3c(c2)COC(C(F)F)C3)nc1. The van der Waals surface area contributed by atoms with Crippen LogP contribution in [-0.2, 0) is 24.2 Å². The topological polar surface area (TPSA) is 35.0 Å². The van der Waals surface area contributed by atoms with Crippen molar-refractivity contribution in [3.05, 3.63) is 47.0 Å². The van der Waals surface area contributed by atoms with Gasteiger partial charge < -0.3 is 4.74 Å². The summed E-state index contributed by atoms with van der Waals surface area (Å²) < 4.78 is 44.9. The first-order valence-corrected chi connectivity index (χ1v) is 7.60. The summed E-state index contributed by atoms with van der Waals surface area (Å²) in [7, 11) is 0. The standard InChI is InChI=1S/C17H17F3N2O/c1-2-3-10-7-21-17(22-8-10)11-4-12-9-23-15(16(19)20)6-13(12)14(18)5-11/h4-5,7-8,15-16H,2-3,6,9H2,1H3. The fourth-order valence-electron chi connectivity index (χ4n) is 2.72. The van der Waals surface area contributed by atoms with E-state index in [1.807, 2.05) is 0 Å². The van der Waals surface area contributed by atoms with E-state index in [0.29, 0.717) is 22.5 Å². The normalized spacial score (nSPS) is 17.3. The third kappa shape index (κ3) is 3.37. The Morgan fingerprint density at radius 2 is 2.00 bits per heavy atom. The molecule has 3 nitrogen and oxygen atoms in total. The number of nitrogens with zero attached hydrogens (tertiary/aromatic N) is 2. The Bertz CT molecular complexity index is 689. The average molecular weight is 322 g/mol. The van der Waals surface area contributed by atoms with Crippen LogP contribution in [0.1, 0.15) is 30.0 Å². The molecule has 2 aromatic rings. The second-order valence-corrected chi connectivity index (χ2v) is 5.65. The highest BCUT2D eigenvalue weighted by atomic mass is 19.3. The van der Waals surface area contributed by atoms with Gasteiger partial charge in [0.05, 0.1) is 6.61 Å². The van der Waals surface area contributed by atoms with E-state index in [9.17, 15) is 13.2 Å². The lowest BCUT2D eigenvalue weighted by Gasteiger charge is -2.25. The molecular formula is C17H17F3N2O. The molecule has 122 valence electrons. The molecular weight excluding hydrogens is 305 g/mol. The van der Waals surface area contributed by atoms with Gasteiger partial charge in [0.1, 0.15) is 11.9 Å². The number of hydrogen-bond acceptors (Lipinski definition) is 3. The van der Waals surface area contributed by atoms with E-state index in [0.717, 1.165) is 18.4 Å². The Hall–Kier alpha value is -1.95. The molecule has 0 saturated heterocycles. The van der Waals surface area contributed by atoms with Crippen molar-refractivity contribution in [2.45, 2.75) is 45.3 Å². The van der Waals surface area contributed by atoms with Crippen LogP contribution in [-0.4, -0.2) is 22.5 Å². The summed E-state index contributed by atoms with van der Waals surface area (Å²) in [5.41, 5.74) is 2.44. The highest BCUT2D eigenvalue weighted by Gasteiger charge is 2.29. The van der Waals surface area contributed by atoms with Gasteiger partial charge in [-0.2, -0.15) is 0 Å². The minimum Gasteiger partial charge on any atom is -0.367 e. The molecule has 0 bridgehead atoms. The minimum atomic E-state index is -2.61. The molecule has 3 rings (SSSR count). The van der Waals surface area contributed by atoms with E-state index >= 15 is 0 Å². The lowest BCUT2D eigenvalue weighted by atomic mass is 9.96. The van der Waals surface area contributed by atoms with Crippen LogP contribution >= 0.6 is 0 Å². The molecule has 23 heavy (non-hydrogen) atoms. The van der Waals surface area contributed by atoms with E-state index in [-0.39, 0.29) is 13.0 Å². The maximum atomic E-state index is 14.3. The number of fused-ring (bicyclic) bond motifs is 1. The summed E-state index contributed by atoms with van der Waals surface area (Å²) in [4.78, 5) is 8.52. The van der Waals surface area contributed by atoms with Gasteiger partial charge in [0, 0.05) is 24.4 Å². The molecule has 1 aliphatic rings. The Morgan fingerprint density at radius 1 is 1.26 bits per heavy atom. The number of benzene rings is 1. The third-order valence-corrected chi connectivity index (χ3v) is 3.93. The van der Waals surface area contributed by atoms with Gasteiger partial charge in [0.25, 0.3) is 6.43 Å². The molecule has 0 radical (unpaired) electrons. The largest absolute Gasteiger partial charge is 0.367 e. The fourth-order valence-corrected chi connectivity index (χ4v) is 2.72. The Kier molecular flexibility index (Phi) is 4.61. The van der Waals surface area contributed by atoms with Crippen LogP contribution < -0.4 is 0 Å². The molecule has 1 aromatic heterocycles. The first-order chi connectivity index (χ1) is 11.1. The lowest BCUT2D eigenvalue weighted by Crippen LogP contribution is -2.29. The van der Waals surface area contributed by atoms with Gasteiger partial charge in [-0.25, -0.2) is 23.1 Å². The van der Waals surface area contributed by atoms with Crippen molar-refractivity contribution in [1.82, 2.24) is 9.97 Å². The van der Waals surface area contributed by atoms with E-state index < -0.39 is 18.3 Å². The van der Waals surface area contributed by atoms with E-state index in [1.165, 1.54) is 6.07 Å². The molecule has 0 saturated carbocycles. The number of aromatic nitrogens is 2. The summed E-state index contributed by atoms with van der Waals surface area (Å²) in [5.74, 6) is -0.0878. The first kappa shape index (κ1) is 15.9. The Labute approximate surface area is 132 Å². The zero-order chi connectivity index (χ0) is 16.4. The van der Waals surface area contributed by atoms with E-state index in [4.69, 9.17) is 4.74 Å². The lowest BCUT2D eigenvalue weighted by molar-refractivity contribution is -0.0708. The summed E-state index contributed by atoms with van der Waals surface area (Å²) in [6.45, 7) is 2.04. The number of rotatable bonds is 4. The van der Waals surface area contributed by atoms with Gasteiger partial charge in [-0.1, -0.05) is 13.3 Å². The molecule has 1 unspecified atom stereocenters. The number of alkyl halides is 2. The summed E-state index contributed by atoms with van der Waals surface area (Å²) >= 11 is 0. The number of ether oxygens (including phenoxy) is 1. The Morgan fingerprint density at radius 3 is 2.65 bits per heavy atom. The first-order valence-electron chi connectivity index (χ1n) is 7.60. The number of halogens is 3. The second kappa shape index (κ2) is 6.66. The van der Waals surface area contributed by atoms with Crippen molar-refractivity contribution >= 4 is 0 Å². The minimum absolute atomic E-state index is 0.0248. The van der Waals surface area contributed by atoms with Crippen LogP contribution in [0.5, 0.6) is 0 Å². The molecule has 6 heteroatoms. The quantitative estimate of drug-likeness (QED) is 0.855. The third-order valence-electron chi connectivity index (χ3n) is 3.93. The molecule has 2 heterocycles. The molecule has 1 aromatic carbocycles. The van der Waals surface area contributed by atoms with Crippen molar-refractivity contribution < 1.29 is 17.9 Å². The average Bonchev–Trinajstić information content (AvgIpc) is 2.55. The van der Waals surface area contributed by atoms with Gasteiger partial charge >= 0.3 is 0 Å². The van der Waals surface area contributed by atoms with Gasteiger partial charge in [0.2, 0.25) is 0 Å². The fraction of sp³-hybridized carbons (Fsp3) is 0.412. The number of hydrogen-bond donors (Lipinski definition) is 0. The second-order valence-electron chi connectivity index (χ2n) is 5.65. The zero-order valence-electron chi connectivity index (χ0n) is 12.7.